The number of carbonyl (C=O) groups excluding carboxylic acids is 1. The third-order valence-electron chi connectivity index (χ3n) is 8.84. The molecule has 3 heteroatoms. The number of ketones is 1. The largest absolute Gasteiger partial charge is 0.347 e. The molecule has 200 valence electrons. The van der Waals surface area contributed by atoms with Crippen LogP contribution in [0.25, 0.3) is 22.3 Å². The summed E-state index contributed by atoms with van der Waals surface area (Å²) in [5, 5.41) is 0. The molecule has 0 unspecified atom stereocenters. The van der Waals surface area contributed by atoms with E-state index in [0.717, 1.165) is 22.8 Å². The van der Waals surface area contributed by atoms with E-state index in [1.807, 2.05) is 24.3 Å². The van der Waals surface area contributed by atoms with Crippen LogP contribution in [0.2, 0.25) is 0 Å². The van der Waals surface area contributed by atoms with Gasteiger partial charge in [0.2, 0.25) is 0 Å². The van der Waals surface area contributed by atoms with Crippen molar-refractivity contribution < 1.29 is 4.79 Å². The van der Waals surface area contributed by atoms with Crippen molar-refractivity contribution in [1.82, 2.24) is 0 Å². The standard InChI is InChI=1S/C37H36N2O/c1-36(2)30-21-27(25-13-9-7-10-14-25)17-19-32(30)38(5)34(36)23-29(40)24-35-37(3,4)31-22-28(18-20-33(31)39(35)6)26-15-11-8-12-16-26/h7-24H,1-6H3/b34-23+,35-24+. The van der Waals surface area contributed by atoms with Crippen LogP contribution in [0.3, 0.4) is 0 Å². The molecule has 2 heterocycles. The number of likely N-dealkylation sites (N-methyl/N-ethyl adjacent to an activating group) is 2. The first-order valence-corrected chi connectivity index (χ1v) is 13.9. The first-order valence-electron chi connectivity index (χ1n) is 13.9. The molecule has 0 radical (unpaired) electrons. The van der Waals surface area contributed by atoms with Crippen LogP contribution in [0.5, 0.6) is 0 Å². The molecule has 0 atom stereocenters. The SMILES string of the molecule is CN1/C(=C/C(=O)/C=C2/N(C)c3ccc(-c4ccccc4)cc3C2(C)C)C(C)(C)c2cc(-c3ccccc3)ccc21. The number of fused-ring (bicyclic) bond motifs is 2. The molecule has 0 N–H and O–H groups in total. The van der Waals surface area contributed by atoms with Gasteiger partial charge in [-0.3, -0.25) is 4.79 Å². The van der Waals surface area contributed by atoms with Crippen LogP contribution in [0.1, 0.15) is 38.8 Å². The van der Waals surface area contributed by atoms with E-state index >= 15 is 0 Å². The fourth-order valence-electron chi connectivity index (χ4n) is 6.52. The summed E-state index contributed by atoms with van der Waals surface area (Å²) >= 11 is 0. The maximum absolute atomic E-state index is 13.7. The molecule has 0 bridgehead atoms. The first kappa shape index (κ1) is 25.9. The molecular weight excluding hydrogens is 488 g/mol. The van der Waals surface area contributed by atoms with Crippen LogP contribution >= 0.6 is 0 Å². The summed E-state index contributed by atoms with van der Waals surface area (Å²) in [5.41, 5.74) is 11.0. The Morgan fingerprint density at radius 3 is 1.30 bits per heavy atom. The topological polar surface area (TPSA) is 23.6 Å². The van der Waals surface area contributed by atoms with Gasteiger partial charge in [-0.25, -0.2) is 0 Å². The second-order valence-corrected chi connectivity index (χ2v) is 12.0. The molecule has 0 spiro atoms. The molecule has 0 saturated heterocycles. The number of hydrogen-bond acceptors (Lipinski definition) is 3. The maximum Gasteiger partial charge on any atom is 0.182 e. The van der Waals surface area contributed by atoms with Gasteiger partial charge in [0.05, 0.1) is 0 Å². The van der Waals surface area contributed by atoms with Crippen molar-refractivity contribution in [1.29, 1.82) is 0 Å². The summed E-state index contributed by atoms with van der Waals surface area (Å²) in [4.78, 5) is 18.0. The second-order valence-electron chi connectivity index (χ2n) is 12.0. The monoisotopic (exact) mass is 524 g/mol. The number of rotatable bonds is 4. The Morgan fingerprint density at radius 2 is 0.925 bits per heavy atom. The van der Waals surface area contributed by atoms with Crippen LogP contribution in [0.4, 0.5) is 11.4 Å². The predicted octanol–water partition coefficient (Wildman–Crippen LogP) is 8.51. The fraction of sp³-hybridized carbons (Fsp3) is 0.216. The number of carbonyl (C=O) groups is 1. The van der Waals surface area contributed by atoms with Crippen molar-refractivity contribution >= 4 is 17.2 Å². The van der Waals surface area contributed by atoms with Crippen molar-refractivity contribution in [2.24, 2.45) is 0 Å². The van der Waals surface area contributed by atoms with Crippen molar-refractivity contribution in [3.63, 3.8) is 0 Å². The molecule has 2 aliphatic heterocycles. The molecule has 0 saturated carbocycles. The zero-order chi connectivity index (χ0) is 28.2. The highest BCUT2D eigenvalue weighted by Crippen LogP contribution is 2.50. The van der Waals surface area contributed by atoms with Crippen LogP contribution < -0.4 is 9.80 Å². The Morgan fingerprint density at radius 1 is 0.550 bits per heavy atom. The lowest BCUT2D eigenvalue weighted by Gasteiger charge is -2.25. The van der Waals surface area contributed by atoms with Crippen molar-refractivity contribution in [2.75, 3.05) is 23.9 Å². The Hall–Kier alpha value is -4.37. The van der Waals surface area contributed by atoms with Gasteiger partial charge in [0.1, 0.15) is 0 Å². The lowest BCUT2D eigenvalue weighted by atomic mass is 9.81. The third-order valence-corrected chi connectivity index (χ3v) is 8.84. The third kappa shape index (κ3) is 4.08. The fourth-order valence-corrected chi connectivity index (χ4v) is 6.52. The van der Waals surface area contributed by atoms with Gasteiger partial charge >= 0.3 is 0 Å². The Balaban J connectivity index is 1.33. The lowest BCUT2D eigenvalue weighted by Crippen LogP contribution is -2.25. The summed E-state index contributed by atoms with van der Waals surface area (Å²) in [5.74, 6) is 0.0111. The molecule has 40 heavy (non-hydrogen) atoms. The van der Waals surface area contributed by atoms with E-state index in [1.165, 1.54) is 33.4 Å². The van der Waals surface area contributed by atoms with Gasteiger partial charge in [0.15, 0.2) is 5.78 Å². The van der Waals surface area contributed by atoms with Gasteiger partial charge in [-0.05, 0) is 57.6 Å². The number of anilines is 2. The molecule has 3 nitrogen and oxygen atoms in total. The maximum atomic E-state index is 13.7. The molecule has 4 aromatic carbocycles. The number of benzene rings is 4. The van der Waals surface area contributed by atoms with Gasteiger partial charge in [-0.15, -0.1) is 0 Å². The Labute approximate surface area is 238 Å². The van der Waals surface area contributed by atoms with E-state index in [1.54, 1.807) is 0 Å². The van der Waals surface area contributed by atoms with Gasteiger partial charge in [-0.1, -0.05) is 100 Å². The van der Waals surface area contributed by atoms with Gasteiger partial charge in [0, 0.05) is 59.8 Å². The van der Waals surface area contributed by atoms with Crippen LogP contribution in [-0.4, -0.2) is 19.9 Å². The van der Waals surface area contributed by atoms with Crippen molar-refractivity contribution in [3.05, 3.63) is 132 Å². The highest BCUT2D eigenvalue weighted by atomic mass is 16.1. The summed E-state index contributed by atoms with van der Waals surface area (Å²) in [6.07, 6.45) is 3.66. The summed E-state index contributed by atoms with van der Waals surface area (Å²) < 4.78 is 0. The number of nitrogens with zero attached hydrogens (tertiary/aromatic N) is 2. The van der Waals surface area contributed by atoms with E-state index in [4.69, 9.17) is 0 Å². The van der Waals surface area contributed by atoms with E-state index in [2.05, 4.69) is 137 Å². The summed E-state index contributed by atoms with van der Waals surface area (Å²) in [7, 11) is 4.13. The van der Waals surface area contributed by atoms with Gasteiger partial charge in [0.25, 0.3) is 0 Å². The quantitative estimate of drug-likeness (QED) is 0.250. The average molecular weight is 525 g/mol. The van der Waals surface area contributed by atoms with Crippen molar-refractivity contribution in [3.8, 4) is 22.3 Å². The van der Waals surface area contributed by atoms with Crippen molar-refractivity contribution in [2.45, 2.75) is 38.5 Å². The van der Waals surface area contributed by atoms with E-state index < -0.39 is 0 Å². The zero-order valence-corrected chi connectivity index (χ0v) is 24.2. The molecule has 4 aromatic rings. The highest BCUT2D eigenvalue weighted by Gasteiger charge is 2.41. The van der Waals surface area contributed by atoms with E-state index in [-0.39, 0.29) is 16.6 Å². The van der Waals surface area contributed by atoms with Gasteiger partial charge in [-0.2, -0.15) is 0 Å². The van der Waals surface area contributed by atoms with E-state index in [9.17, 15) is 4.79 Å². The van der Waals surface area contributed by atoms with Crippen LogP contribution in [-0.2, 0) is 15.6 Å². The lowest BCUT2D eigenvalue weighted by molar-refractivity contribution is -0.110. The summed E-state index contributed by atoms with van der Waals surface area (Å²) in [6.45, 7) is 8.85. The Bertz CT molecular complexity index is 1550. The predicted molar refractivity (Wildman–Crippen MR) is 168 cm³/mol. The molecule has 0 aliphatic carbocycles. The molecule has 2 aliphatic rings. The van der Waals surface area contributed by atoms with Gasteiger partial charge < -0.3 is 9.80 Å². The molecule has 0 aromatic heterocycles. The molecule has 6 rings (SSSR count). The molecule has 0 fully saturated rings. The first-order chi connectivity index (χ1) is 19.1. The number of hydrogen-bond donors (Lipinski definition) is 0. The molecular formula is C37H36N2O. The minimum absolute atomic E-state index is 0.0111. The summed E-state index contributed by atoms with van der Waals surface area (Å²) in [6, 6.07) is 34.2. The second kappa shape index (κ2) is 9.38. The van der Waals surface area contributed by atoms with Crippen LogP contribution in [0, 0.1) is 0 Å². The molecule has 0 amide bonds. The normalized spacial score (nSPS) is 18.8. The minimum Gasteiger partial charge on any atom is -0.347 e. The zero-order valence-electron chi connectivity index (χ0n) is 24.2. The highest BCUT2D eigenvalue weighted by molar-refractivity contribution is 6.02. The average Bonchev–Trinajstić information content (AvgIpc) is 3.27. The Kier molecular flexibility index (Phi) is 6.07. The van der Waals surface area contributed by atoms with Crippen LogP contribution in [0.15, 0.2) is 121 Å². The van der Waals surface area contributed by atoms with E-state index in [0.29, 0.717) is 0 Å². The minimum atomic E-state index is -0.298. The number of allylic oxidation sites excluding steroid dienone is 4. The smallest absolute Gasteiger partial charge is 0.182 e.